The van der Waals surface area contributed by atoms with Crippen LogP contribution in [-0.2, 0) is 0 Å². The van der Waals surface area contributed by atoms with Crippen molar-refractivity contribution in [3.05, 3.63) is 0 Å². The van der Waals surface area contributed by atoms with Crippen molar-refractivity contribution < 1.29 is 0 Å². The highest BCUT2D eigenvalue weighted by atomic mass is 15.3. The van der Waals surface area contributed by atoms with E-state index < -0.39 is 0 Å². The smallest absolute Gasteiger partial charge is 0.00570 e. The molecule has 0 aromatic rings. The van der Waals surface area contributed by atoms with Gasteiger partial charge in [-0.1, -0.05) is 145 Å². The first kappa shape index (κ1) is 31.9. The zero-order valence-electron chi connectivity index (χ0n) is 30.7. The van der Waals surface area contributed by atoms with Crippen molar-refractivity contribution in [3.8, 4) is 0 Å². The summed E-state index contributed by atoms with van der Waals surface area (Å²) in [5.74, 6) is 7.77. The lowest BCUT2D eigenvalue weighted by Gasteiger charge is -3.34. The summed E-state index contributed by atoms with van der Waals surface area (Å²) in [6.45, 7) is 48.9. The molecule has 0 nitrogen and oxygen atoms in total. The van der Waals surface area contributed by atoms with E-state index in [0.717, 1.165) is 45.3 Å². The molecular weight excluding hydrogens is 468 g/mol. The number of rotatable bonds is 0. The van der Waals surface area contributed by atoms with Gasteiger partial charge >= 0.3 is 0 Å². The van der Waals surface area contributed by atoms with Crippen LogP contribution < -0.4 is 0 Å². The van der Waals surface area contributed by atoms with Gasteiger partial charge in [-0.15, -0.1) is 0 Å². The lowest BCUT2D eigenvalue weighted by Crippen LogP contribution is -3.31. The Hall–Kier alpha value is 0. The predicted octanol–water partition coefficient (Wildman–Crippen LogP) is 12.0. The Morgan fingerprint density at radius 1 is 0.410 bits per heavy atom. The van der Waals surface area contributed by atoms with Crippen molar-refractivity contribution in [1.82, 2.24) is 0 Å². The van der Waals surface area contributed by atoms with Gasteiger partial charge in [0.1, 0.15) is 0 Å². The molecule has 10 aliphatic carbocycles. The van der Waals surface area contributed by atoms with Gasteiger partial charge in [0.15, 0.2) is 0 Å². The van der Waals surface area contributed by atoms with Crippen LogP contribution in [0.2, 0.25) is 0 Å². The van der Waals surface area contributed by atoms with Crippen molar-refractivity contribution in [3.63, 3.8) is 0 Å². The van der Waals surface area contributed by atoms with Crippen molar-refractivity contribution in [2.24, 2.45) is 95.6 Å². The van der Waals surface area contributed by atoms with Gasteiger partial charge in [-0.25, -0.2) is 0 Å². The lowest BCUT2D eigenvalue weighted by atomic mass is 8.69. The molecule has 39 heavy (non-hydrogen) atoms. The summed E-state index contributed by atoms with van der Waals surface area (Å²) in [4.78, 5) is 0. The maximum Gasteiger partial charge on any atom is -0.00570 e. The van der Waals surface area contributed by atoms with Crippen LogP contribution in [0.4, 0.5) is 0 Å². The second-order valence-corrected chi connectivity index (χ2v) is 15.3. The van der Waals surface area contributed by atoms with Crippen LogP contribution in [0.5, 0.6) is 0 Å². The molecule has 4 spiro atoms. The van der Waals surface area contributed by atoms with Gasteiger partial charge in [-0.3, -0.25) is 0 Å². The fourth-order valence-corrected chi connectivity index (χ4v) is 19.7. The summed E-state index contributed by atoms with van der Waals surface area (Å²) in [5, 5.41) is 0. The van der Waals surface area contributed by atoms with Crippen LogP contribution in [-0.4, -0.2) is 0 Å². The van der Waals surface area contributed by atoms with Gasteiger partial charge in [0.2, 0.25) is 0 Å². The summed E-state index contributed by atoms with van der Waals surface area (Å²) in [7, 11) is 0. The van der Waals surface area contributed by atoms with Crippen LogP contribution in [0, 0.1) is 95.6 Å². The van der Waals surface area contributed by atoms with Gasteiger partial charge in [0, 0.05) is 0 Å². The summed E-state index contributed by atoms with van der Waals surface area (Å²) >= 11 is 0. The number of hydrogen-bond donors (Lipinski definition) is 0. The van der Waals surface area contributed by atoms with Gasteiger partial charge in [-0.05, 0) is 102 Å². The first-order valence-corrected chi connectivity index (χ1v) is 18.4. The molecule has 0 radical (unpaired) electrons. The van der Waals surface area contributed by atoms with Crippen LogP contribution in [0.1, 0.15) is 152 Å². The molecule has 10 aliphatic rings. The molecule has 0 heteroatoms. The molecule has 0 aromatic heterocycles. The van der Waals surface area contributed by atoms with E-state index >= 15 is 0 Å². The van der Waals surface area contributed by atoms with E-state index in [0.29, 0.717) is 32.5 Å². The van der Waals surface area contributed by atoms with E-state index in [4.69, 9.17) is 0 Å². The molecule has 2 unspecified atom stereocenters. The van der Waals surface area contributed by atoms with Crippen LogP contribution in [0.15, 0.2) is 0 Å². The van der Waals surface area contributed by atoms with Crippen molar-refractivity contribution in [2.75, 3.05) is 0 Å². The zero-order chi connectivity index (χ0) is 30.7. The van der Waals surface area contributed by atoms with Crippen LogP contribution >= 0.6 is 0 Å². The van der Waals surface area contributed by atoms with Gasteiger partial charge in [-0.2, -0.15) is 0 Å². The van der Waals surface area contributed by atoms with E-state index in [1.807, 2.05) is 83.1 Å². The highest BCUT2D eigenvalue weighted by Gasteiger charge is 3.32. The van der Waals surface area contributed by atoms with Crippen LogP contribution in [0.25, 0.3) is 0 Å². The molecule has 228 valence electrons. The molecule has 10 fully saturated rings. The Kier molecular flexibility index (Phi) is 6.33. The van der Waals surface area contributed by atoms with Gasteiger partial charge < -0.3 is 0 Å². The second-order valence-electron chi connectivity index (χ2n) is 15.3. The molecule has 0 heterocycles. The van der Waals surface area contributed by atoms with E-state index in [9.17, 15) is 0 Å². The van der Waals surface area contributed by atoms with Crippen molar-refractivity contribution in [1.29, 1.82) is 0 Å². The maximum absolute atomic E-state index is 2.87. The van der Waals surface area contributed by atoms with E-state index in [1.165, 1.54) is 17.8 Å². The molecule has 0 bridgehead atoms. The standard InChI is InChI=1S/C27H36.6C2H6/c1-11-13-10-14-16-17-15-12(2)19(5)18(3,4)21(7)23(9)22(8)20(11,6)24(13,14)26(16,22)27(17,23)25(15,19)21;6*1-2/h11-17H,10H2,1-9H3;6*1-2H3/t11?,12-,13?,14+,15-,16+,17-,19-,20-,21+,22-,23+,24+,25+,26+,27-;;;;;;/m1....../s1. The van der Waals surface area contributed by atoms with Crippen molar-refractivity contribution in [2.45, 2.75) is 152 Å². The van der Waals surface area contributed by atoms with E-state index in [1.54, 1.807) is 6.42 Å². The highest BCUT2D eigenvalue weighted by Crippen LogP contribution is 3.35. The normalized spacial score (nSPS) is 68.4. The highest BCUT2D eigenvalue weighted by molar-refractivity contribution is 5.78. The molecular formula is C39H72. The molecule has 0 aromatic carbocycles. The van der Waals surface area contributed by atoms with Gasteiger partial charge in [0.25, 0.3) is 0 Å². The quantitative estimate of drug-likeness (QED) is 0.286. The Balaban J connectivity index is 0.000000266. The zero-order valence-corrected chi connectivity index (χ0v) is 30.7. The Bertz CT molecular complexity index is 1040. The van der Waals surface area contributed by atoms with Gasteiger partial charge in [0.05, 0.1) is 0 Å². The fourth-order valence-electron chi connectivity index (χ4n) is 19.7. The average molecular weight is 541 g/mol. The maximum atomic E-state index is 2.87. The third-order valence-corrected chi connectivity index (χ3v) is 18.9. The number of fused-ring (bicyclic) bond motifs is 6. The predicted molar refractivity (Wildman–Crippen MR) is 173 cm³/mol. The molecule has 10 rings (SSSR count). The SMILES string of the molecule is CC.CC.CC.CC.CC.CC.CC1C2C[C@H]3[C@H]4[C@H]5[C@H]6[C@@H](C)[C@]7(C)C(C)(C)[C@@]8(C)[C@@]9(C)[C@@]%10(C)[C@]1(C)[C@]23[C@]4%10[C@]59[C@]687. The number of hydrogen-bond acceptors (Lipinski definition) is 0. The fraction of sp³-hybridized carbons (Fsp3) is 1.00. The summed E-state index contributed by atoms with van der Waals surface area (Å²) in [6.07, 6.45) is 1.64. The molecule has 0 N–H and O–H groups in total. The largest absolute Gasteiger partial charge is 0.0683 e. The summed E-state index contributed by atoms with van der Waals surface area (Å²) < 4.78 is 0. The van der Waals surface area contributed by atoms with E-state index in [-0.39, 0.29) is 0 Å². The Labute approximate surface area is 247 Å². The third kappa shape index (κ3) is 1.47. The monoisotopic (exact) mass is 541 g/mol. The Morgan fingerprint density at radius 2 is 0.872 bits per heavy atom. The minimum atomic E-state index is 0.519. The third-order valence-electron chi connectivity index (χ3n) is 18.9. The molecule has 0 saturated heterocycles. The van der Waals surface area contributed by atoms with Crippen LogP contribution in [0.3, 0.4) is 0 Å². The molecule has 0 amide bonds. The average Bonchev–Trinajstić information content (AvgIpc) is 2.98. The summed E-state index contributed by atoms with van der Waals surface area (Å²) in [5.41, 5.74) is 7.01. The Morgan fingerprint density at radius 3 is 1.33 bits per heavy atom. The van der Waals surface area contributed by atoms with Crippen molar-refractivity contribution >= 4 is 0 Å². The summed E-state index contributed by atoms with van der Waals surface area (Å²) in [6, 6.07) is 0. The minimum absolute atomic E-state index is 0.519. The molecule has 10 saturated carbocycles. The minimum Gasteiger partial charge on any atom is -0.0683 e. The second kappa shape index (κ2) is 7.74. The molecule has 16 atom stereocenters. The van der Waals surface area contributed by atoms with E-state index in [2.05, 4.69) is 62.3 Å². The topological polar surface area (TPSA) is 0 Å². The lowest BCUT2D eigenvalue weighted by molar-refractivity contribution is -0.884. The first-order chi connectivity index (χ1) is 18.4. The molecule has 0 aliphatic heterocycles. The first-order valence-electron chi connectivity index (χ1n) is 18.4.